The van der Waals surface area contributed by atoms with Crippen LogP contribution in [0.15, 0.2) is 36.4 Å². The molecule has 0 unspecified atom stereocenters. The molecule has 0 aliphatic carbocycles. The number of thiophene rings is 1. The van der Waals surface area contributed by atoms with Gasteiger partial charge in [0.05, 0.1) is 6.54 Å². The molecule has 2 nitrogen and oxygen atoms in total. The lowest BCUT2D eigenvalue weighted by Crippen LogP contribution is -2.15. The number of anilines is 1. The molecule has 1 heterocycles. The Bertz CT molecular complexity index is 507. The third kappa shape index (κ3) is 4.04. The summed E-state index contributed by atoms with van der Waals surface area (Å²) in [5.74, 6) is -0.193. The molecule has 1 aromatic heterocycles. The Morgan fingerprint density at radius 2 is 1.79 bits per heavy atom. The maximum Gasteiger partial charge on any atom is 0.123 e. The third-order valence-electron chi connectivity index (χ3n) is 2.93. The summed E-state index contributed by atoms with van der Waals surface area (Å²) in [6, 6.07) is 10.9. The molecule has 0 aliphatic heterocycles. The highest BCUT2D eigenvalue weighted by Crippen LogP contribution is 2.21. The van der Waals surface area contributed by atoms with Gasteiger partial charge < -0.3 is 10.2 Å². The monoisotopic (exact) mass is 278 g/mol. The molecular weight excluding hydrogens is 259 g/mol. The molecule has 4 heteroatoms. The predicted molar refractivity (Wildman–Crippen MR) is 80.2 cm³/mol. The minimum absolute atomic E-state index is 0.193. The van der Waals surface area contributed by atoms with Crippen LogP contribution >= 0.6 is 11.3 Å². The number of benzene rings is 1. The number of nitrogens with one attached hydrogen (secondary N) is 1. The summed E-state index contributed by atoms with van der Waals surface area (Å²) in [6.07, 6.45) is 0. The molecule has 19 heavy (non-hydrogen) atoms. The standard InChI is InChI=1S/C15H19FN2S/c1-3-17-10-14-8-9-15(19-14)11-18(2)13-6-4-12(16)5-7-13/h4-9,17H,3,10-11H2,1-2H3. The van der Waals surface area contributed by atoms with Crippen LogP contribution in [0.2, 0.25) is 0 Å². The summed E-state index contributed by atoms with van der Waals surface area (Å²) in [5, 5.41) is 3.32. The van der Waals surface area contributed by atoms with E-state index in [0.29, 0.717) is 0 Å². The van der Waals surface area contributed by atoms with Crippen LogP contribution < -0.4 is 10.2 Å². The fourth-order valence-corrected chi connectivity index (χ4v) is 2.91. The second kappa shape index (κ2) is 6.68. The zero-order chi connectivity index (χ0) is 13.7. The van der Waals surface area contributed by atoms with Crippen LogP contribution in [-0.2, 0) is 13.1 Å². The molecule has 0 aliphatic rings. The molecule has 0 bridgehead atoms. The minimum atomic E-state index is -0.193. The topological polar surface area (TPSA) is 15.3 Å². The highest BCUT2D eigenvalue weighted by molar-refractivity contribution is 7.12. The van der Waals surface area contributed by atoms with Gasteiger partial charge in [0.25, 0.3) is 0 Å². The van der Waals surface area contributed by atoms with Gasteiger partial charge in [-0.2, -0.15) is 0 Å². The molecule has 0 atom stereocenters. The van der Waals surface area contributed by atoms with Gasteiger partial charge in [-0.1, -0.05) is 6.92 Å². The zero-order valence-electron chi connectivity index (χ0n) is 11.3. The Balaban J connectivity index is 1.96. The summed E-state index contributed by atoms with van der Waals surface area (Å²) in [7, 11) is 2.02. The SMILES string of the molecule is CCNCc1ccc(CN(C)c2ccc(F)cc2)s1. The molecule has 1 aromatic carbocycles. The highest BCUT2D eigenvalue weighted by Gasteiger charge is 2.05. The fraction of sp³-hybridized carbons (Fsp3) is 0.333. The van der Waals surface area contributed by atoms with Crippen LogP contribution in [0.1, 0.15) is 16.7 Å². The molecular formula is C15H19FN2S. The Hall–Kier alpha value is -1.39. The van der Waals surface area contributed by atoms with Crippen LogP contribution in [0.5, 0.6) is 0 Å². The van der Waals surface area contributed by atoms with Gasteiger partial charge in [-0.05, 0) is 42.9 Å². The molecule has 2 aromatic rings. The van der Waals surface area contributed by atoms with E-state index < -0.39 is 0 Å². The van der Waals surface area contributed by atoms with Gasteiger partial charge in [0, 0.05) is 29.0 Å². The van der Waals surface area contributed by atoms with Crippen LogP contribution in [0.4, 0.5) is 10.1 Å². The van der Waals surface area contributed by atoms with Gasteiger partial charge in [0.1, 0.15) is 5.82 Å². The molecule has 0 saturated heterocycles. The van der Waals surface area contributed by atoms with Crippen LogP contribution in [0, 0.1) is 5.82 Å². The van der Waals surface area contributed by atoms with Crippen LogP contribution in [0.25, 0.3) is 0 Å². The van der Waals surface area contributed by atoms with Gasteiger partial charge in [0.2, 0.25) is 0 Å². The van der Waals surface area contributed by atoms with Crippen molar-refractivity contribution >= 4 is 17.0 Å². The second-order valence-electron chi connectivity index (χ2n) is 4.48. The number of hydrogen-bond acceptors (Lipinski definition) is 3. The van der Waals surface area contributed by atoms with Gasteiger partial charge in [-0.25, -0.2) is 4.39 Å². The van der Waals surface area contributed by atoms with Gasteiger partial charge in [-0.3, -0.25) is 0 Å². The molecule has 0 spiro atoms. The van der Waals surface area contributed by atoms with E-state index in [0.717, 1.165) is 25.3 Å². The van der Waals surface area contributed by atoms with Gasteiger partial charge in [0.15, 0.2) is 0 Å². The van der Waals surface area contributed by atoms with Crippen molar-refractivity contribution in [1.82, 2.24) is 5.32 Å². The predicted octanol–water partition coefficient (Wildman–Crippen LogP) is 3.63. The number of hydrogen-bond donors (Lipinski definition) is 1. The summed E-state index contributed by atoms with van der Waals surface area (Å²) >= 11 is 1.82. The Kier molecular flexibility index (Phi) is 4.93. The van der Waals surface area contributed by atoms with Crippen molar-refractivity contribution < 1.29 is 4.39 Å². The average molecular weight is 278 g/mol. The molecule has 102 valence electrons. The van der Waals surface area contributed by atoms with E-state index >= 15 is 0 Å². The van der Waals surface area contributed by atoms with Crippen molar-refractivity contribution in [2.75, 3.05) is 18.5 Å². The smallest absolute Gasteiger partial charge is 0.123 e. The quantitative estimate of drug-likeness (QED) is 0.868. The van der Waals surface area contributed by atoms with E-state index in [4.69, 9.17) is 0 Å². The highest BCUT2D eigenvalue weighted by atomic mass is 32.1. The largest absolute Gasteiger partial charge is 0.369 e. The fourth-order valence-electron chi connectivity index (χ4n) is 1.87. The first-order valence-corrected chi connectivity index (χ1v) is 7.25. The van der Waals surface area contributed by atoms with Gasteiger partial charge >= 0.3 is 0 Å². The van der Waals surface area contributed by atoms with E-state index in [1.165, 1.54) is 21.9 Å². The van der Waals surface area contributed by atoms with E-state index in [9.17, 15) is 4.39 Å². The Morgan fingerprint density at radius 1 is 1.11 bits per heavy atom. The van der Waals surface area contributed by atoms with Crippen molar-refractivity contribution in [2.45, 2.75) is 20.0 Å². The summed E-state index contributed by atoms with van der Waals surface area (Å²) in [5.41, 5.74) is 1.03. The molecule has 0 saturated carbocycles. The number of halogens is 1. The summed E-state index contributed by atoms with van der Waals surface area (Å²) < 4.78 is 12.9. The second-order valence-corrected chi connectivity index (χ2v) is 5.73. The Labute approximate surface area is 117 Å². The third-order valence-corrected chi connectivity index (χ3v) is 4.00. The van der Waals surface area contributed by atoms with Gasteiger partial charge in [-0.15, -0.1) is 11.3 Å². The zero-order valence-corrected chi connectivity index (χ0v) is 12.1. The van der Waals surface area contributed by atoms with Crippen molar-refractivity contribution in [1.29, 1.82) is 0 Å². The van der Waals surface area contributed by atoms with Crippen molar-refractivity contribution in [3.05, 3.63) is 52.0 Å². The molecule has 0 radical (unpaired) electrons. The first-order chi connectivity index (χ1) is 9.19. The molecule has 1 N–H and O–H groups in total. The maximum atomic E-state index is 12.9. The summed E-state index contributed by atoms with van der Waals surface area (Å²) in [4.78, 5) is 4.80. The van der Waals surface area contributed by atoms with E-state index in [1.807, 2.05) is 30.5 Å². The maximum absolute atomic E-state index is 12.9. The molecule has 0 fully saturated rings. The first-order valence-electron chi connectivity index (χ1n) is 6.44. The lowest BCUT2D eigenvalue weighted by Gasteiger charge is -2.18. The van der Waals surface area contributed by atoms with Crippen LogP contribution in [0.3, 0.4) is 0 Å². The van der Waals surface area contributed by atoms with Crippen molar-refractivity contribution in [2.24, 2.45) is 0 Å². The lowest BCUT2D eigenvalue weighted by atomic mass is 10.3. The number of nitrogens with zero attached hydrogens (tertiary/aromatic N) is 1. The Morgan fingerprint density at radius 3 is 2.47 bits per heavy atom. The molecule has 0 amide bonds. The normalized spacial score (nSPS) is 10.7. The van der Waals surface area contributed by atoms with Crippen LogP contribution in [-0.4, -0.2) is 13.6 Å². The van der Waals surface area contributed by atoms with Crippen molar-refractivity contribution in [3.63, 3.8) is 0 Å². The lowest BCUT2D eigenvalue weighted by molar-refractivity contribution is 0.627. The van der Waals surface area contributed by atoms with E-state index in [1.54, 1.807) is 0 Å². The minimum Gasteiger partial charge on any atom is -0.369 e. The average Bonchev–Trinajstić information content (AvgIpc) is 2.84. The van der Waals surface area contributed by atoms with Crippen molar-refractivity contribution in [3.8, 4) is 0 Å². The summed E-state index contributed by atoms with van der Waals surface area (Å²) in [6.45, 7) is 4.88. The van der Waals surface area contributed by atoms with E-state index in [2.05, 4.69) is 29.3 Å². The number of rotatable bonds is 6. The molecule has 2 rings (SSSR count). The van der Waals surface area contributed by atoms with E-state index in [-0.39, 0.29) is 5.82 Å². The first kappa shape index (κ1) is 14.0.